The van der Waals surface area contributed by atoms with Crippen molar-refractivity contribution < 1.29 is 4.74 Å². The fraction of sp³-hybridized carbons (Fsp3) is 0.154. The molecule has 0 aliphatic carbocycles. The number of halogens is 1. The first-order valence-electron chi connectivity index (χ1n) is 4.98. The van der Waals surface area contributed by atoms with Crippen LogP contribution in [0.2, 0.25) is 5.15 Å². The summed E-state index contributed by atoms with van der Waals surface area (Å²) in [7, 11) is 1.65. The average molecular weight is 234 g/mol. The topological polar surface area (TPSA) is 22.1 Å². The monoisotopic (exact) mass is 233 g/mol. The number of hydrogen-bond donors (Lipinski definition) is 0. The van der Waals surface area contributed by atoms with Crippen molar-refractivity contribution in [2.45, 2.75) is 6.92 Å². The van der Waals surface area contributed by atoms with E-state index in [9.17, 15) is 0 Å². The van der Waals surface area contributed by atoms with Crippen molar-refractivity contribution in [1.29, 1.82) is 0 Å². The quantitative estimate of drug-likeness (QED) is 0.738. The molecule has 2 nitrogen and oxygen atoms in total. The van der Waals surface area contributed by atoms with Crippen molar-refractivity contribution in [3.05, 3.63) is 47.1 Å². The number of pyridine rings is 1. The molecule has 0 bridgehead atoms. The van der Waals surface area contributed by atoms with E-state index in [1.165, 1.54) is 0 Å². The van der Waals surface area contributed by atoms with Crippen molar-refractivity contribution >= 4 is 11.6 Å². The smallest absolute Gasteiger partial charge is 0.129 e. The number of ether oxygens (including phenoxy) is 1. The average Bonchev–Trinajstić information content (AvgIpc) is 2.29. The van der Waals surface area contributed by atoms with Crippen molar-refractivity contribution in [3.63, 3.8) is 0 Å². The van der Waals surface area contributed by atoms with E-state index in [-0.39, 0.29) is 0 Å². The molecule has 2 rings (SSSR count). The summed E-state index contributed by atoms with van der Waals surface area (Å²) in [5.41, 5.74) is 2.95. The van der Waals surface area contributed by atoms with Gasteiger partial charge in [0.2, 0.25) is 0 Å². The number of methoxy groups -OCH3 is 1. The van der Waals surface area contributed by atoms with Gasteiger partial charge in [0.15, 0.2) is 0 Å². The summed E-state index contributed by atoms with van der Waals surface area (Å²) in [6.07, 6.45) is 0. The Hall–Kier alpha value is -1.54. The number of nitrogens with zero attached hydrogens (tertiary/aromatic N) is 1. The first-order valence-corrected chi connectivity index (χ1v) is 5.36. The van der Waals surface area contributed by atoms with E-state index in [2.05, 4.69) is 4.98 Å². The zero-order chi connectivity index (χ0) is 11.5. The van der Waals surface area contributed by atoms with E-state index in [0.717, 1.165) is 22.6 Å². The van der Waals surface area contributed by atoms with Gasteiger partial charge in [-0.15, -0.1) is 0 Å². The van der Waals surface area contributed by atoms with Crippen LogP contribution in [0.3, 0.4) is 0 Å². The summed E-state index contributed by atoms with van der Waals surface area (Å²) in [4.78, 5) is 4.28. The molecule has 0 fully saturated rings. The first kappa shape index (κ1) is 11.0. The summed E-state index contributed by atoms with van der Waals surface area (Å²) in [5, 5.41) is 0.487. The van der Waals surface area contributed by atoms with Gasteiger partial charge in [-0.05, 0) is 31.2 Å². The Kier molecular flexibility index (Phi) is 3.11. The fourth-order valence-electron chi connectivity index (χ4n) is 1.58. The third-order valence-corrected chi connectivity index (χ3v) is 2.56. The largest absolute Gasteiger partial charge is 0.496 e. The second-order valence-electron chi connectivity index (χ2n) is 3.55. The molecule has 0 N–H and O–H groups in total. The molecule has 0 unspecified atom stereocenters. The van der Waals surface area contributed by atoms with Gasteiger partial charge in [-0.2, -0.15) is 0 Å². The third kappa shape index (κ3) is 2.17. The van der Waals surface area contributed by atoms with Gasteiger partial charge in [-0.3, -0.25) is 0 Å². The minimum Gasteiger partial charge on any atom is -0.496 e. The van der Waals surface area contributed by atoms with E-state index in [4.69, 9.17) is 16.3 Å². The Labute approximate surface area is 99.9 Å². The van der Waals surface area contributed by atoms with Gasteiger partial charge in [-0.1, -0.05) is 29.3 Å². The van der Waals surface area contributed by atoms with Crippen molar-refractivity contribution in [2.24, 2.45) is 0 Å². The van der Waals surface area contributed by atoms with Gasteiger partial charge < -0.3 is 4.74 Å². The Morgan fingerprint density at radius 2 is 2.00 bits per heavy atom. The fourth-order valence-corrected chi connectivity index (χ4v) is 1.74. The highest BCUT2D eigenvalue weighted by Crippen LogP contribution is 2.29. The first-order chi connectivity index (χ1) is 7.70. The molecule has 1 aromatic carbocycles. The lowest BCUT2D eigenvalue weighted by Gasteiger charge is -2.08. The molecule has 0 atom stereocenters. The maximum Gasteiger partial charge on any atom is 0.129 e. The molecule has 0 saturated heterocycles. The number of rotatable bonds is 2. The van der Waals surface area contributed by atoms with Gasteiger partial charge in [-0.25, -0.2) is 4.98 Å². The van der Waals surface area contributed by atoms with Crippen LogP contribution < -0.4 is 4.74 Å². The van der Waals surface area contributed by atoms with Crippen LogP contribution in [0.1, 0.15) is 5.56 Å². The minimum absolute atomic E-state index is 0.487. The molecule has 0 saturated carbocycles. The second kappa shape index (κ2) is 4.54. The van der Waals surface area contributed by atoms with Crippen LogP contribution in [0, 0.1) is 6.92 Å². The molecule has 1 heterocycles. The summed E-state index contributed by atoms with van der Waals surface area (Å²) < 4.78 is 5.31. The van der Waals surface area contributed by atoms with E-state index in [0.29, 0.717) is 5.15 Å². The molecule has 16 heavy (non-hydrogen) atoms. The zero-order valence-electron chi connectivity index (χ0n) is 9.20. The third-order valence-electron chi connectivity index (χ3n) is 2.35. The van der Waals surface area contributed by atoms with E-state index >= 15 is 0 Å². The predicted molar refractivity (Wildman–Crippen MR) is 66.0 cm³/mol. The van der Waals surface area contributed by atoms with E-state index in [1.54, 1.807) is 13.2 Å². The van der Waals surface area contributed by atoms with Gasteiger partial charge >= 0.3 is 0 Å². The molecule has 0 amide bonds. The van der Waals surface area contributed by atoms with Crippen LogP contribution in [-0.4, -0.2) is 12.1 Å². The molecule has 3 heteroatoms. The molecule has 0 aliphatic rings. The molecule has 1 aromatic heterocycles. The van der Waals surface area contributed by atoms with Crippen molar-refractivity contribution in [1.82, 2.24) is 4.98 Å². The molecule has 0 spiro atoms. The number of benzene rings is 1. The summed E-state index contributed by atoms with van der Waals surface area (Å²) in [6.45, 7) is 2.04. The highest BCUT2D eigenvalue weighted by atomic mass is 35.5. The van der Waals surface area contributed by atoms with Crippen LogP contribution in [0.5, 0.6) is 5.75 Å². The highest BCUT2D eigenvalue weighted by Gasteiger charge is 2.07. The highest BCUT2D eigenvalue weighted by molar-refractivity contribution is 6.29. The Morgan fingerprint density at radius 3 is 2.69 bits per heavy atom. The molecular weight excluding hydrogens is 222 g/mol. The van der Waals surface area contributed by atoms with Gasteiger partial charge in [0, 0.05) is 5.56 Å². The maximum atomic E-state index is 5.88. The van der Waals surface area contributed by atoms with Gasteiger partial charge in [0.05, 0.1) is 12.8 Å². The maximum absolute atomic E-state index is 5.88. The van der Waals surface area contributed by atoms with Crippen LogP contribution in [0.15, 0.2) is 36.4 Å². The van der Waals surface area contributed by atoms with Crippen molar-refractivity contribution in [3.8, 4) is 17.0 Å². The standard InChI is InChI=1S/C13H12ClNO/c1-9-6-7-12(16-2)10(8-9)11-4-3-5-13(14)15-11/h3-8H,1-2H3. The summed E-state index contributed by atoms with van der Waals surface area (Å²) in [6, 6.07) is 11.5. The summed E-state index contributed by atoms with van der Waals surface area (Å²) >= 11 is 5.88. The van der Waals surface area contributed by atoms with Crippen LogP contribution >= 0.6 is 11.6 Å². The van der Waals surface area contributed by atoms with Crippen LogP contribution in [-0.2, 0) is 0 Å². The lowest BCUT2D eigenvalue weighted by Crippen LogP contribution is -1.91. The van der Waals surface area contributed by atoms with Gasteiger partial charge in [0.1, 0.15) is 10.9 Å². The van der Waals surface area contributed by atoms with E-state index in [1.807, 2.05) is 37.3 Å². The number of aryl methyl sites for hydroxylation is 1. The molecule has 82 valence electrons. The number of hydrogen-bond acceptors (Lipinski definition) is 2. The van der Waals surface area contributed by atoms with Gasteiger partial charge in [0.25, 0.3) is 0 Å². The second-order valence-corrected chi connectivity index (χ2v) is 3.94. The summed E-state index contributed by atoms with van der Waals surface area (Å²) in [5.74, 6) is 0.806. The molecule has 2 aromatic rings. The van der Waals surface area contributed by atoms with Crippen LogP contribution in [0.4, 0.5) is 0 Å². The SMILES string of the molecule is COc1ccc(C)cc1-c1cccc(Cl)n1. The predicted octanol–water partition coefficient (Wildman–Crippen LogP) is 3.72. The zero-order valence-corrected chi connectivity index (χ0v) is 9.95. The van der Waals surface area contributed by atoms with Crippen LogP contribution in [0.25, 0.3) is 11.3 Å². The molecule has 0 radical (unpaired) electrons. The Bertz CT molecular complexity index is 511. The minimum atomic E-state index is 0.487. The Balaban J connectivity index is 2.58. The Morgan fingerprint density at radius 1 is 1.19 bits per heavy atom. The van der Waals surface area contributed by atoms with E-state index < -0.39 is 0 Å². The van der Waals surface area contributed by atoms with Crippen molar-refractivity contribution in [2.75, 3.05) is 7.11 Å². The number of aromatic nitrogens is 1. The lowest BCUT2D eigenvalue weighted by molar-refractivity contribution is 0.416. The molecular formula is C13H12ClNO. The normalized spacial score (nSPS) is 10.2. The molecule has 0 aliphatic heterocycles. The lowest BCUT2D eigenvalue weighted by atomic mass is 10.1.